The predicted molar refractivity (Wildman–Crippen MR) is 92.7 cm³/mol. The fourth-order valence-corrected chi connectivity index (χ4v) is 1.74. The molecule has 0 aromatic heterocycles. The van der Waals surface area contributed by atoms with Crippen molar-refractivity contribution >= 4 is 7.32 Å². The topological polar surface area (TPSA) is 145 Å². The number of rotatable bonds is 9. The highest BCUT2D eigenvalue weighted by atomic mass is 17.2. The molecule has 0 spiro atoms. The molecule has 0 heterocycles. The van der Waals surface area contributed by atoms with Gasteiger partial charge in [-0.1, -0.05) is 0 Å². The molecule has 148 valence electrons. The fourth-order valence-electron chi connectivity index (χ4n) is 1.74. The number of hydrogen-bond acceptors (Lipinski definition) is 7. The minimum absolute atomic E-state index is 1.12. The molecule has 0 saturated heterocycles. The Bertz CT molecular complexity index is 378. The summed E-state index contributed by atoms with van der Waals surface area (Å²) in [6.45, 7) is 21.0. The smallest absolute Gasteiger partial charge is 0.354 e. The Kier molecular flexibility index (Phi) is 21.9. The van der Waals surface area contributed by atoms with Crippen LogP contribution in [0.25, 0.3) is 0 Å². The van der Waals surface area contributed by atoms with Gasteiger partial charge in [0.2, 0.25) is 0 Å². The molecule has 26 heavy (non-hydrogen) atoms. The van der Waals surface area contributed by atoms with E-state index in [1.807, 2.05) is 0 Å². The minimum atomic E-state index is -2.81. The molecule has 2 N–H and O–H groups in total. The molecule has 0 saturated carbocycles. The lowest BCUT2D eigenvalue weighted by Gasteiger charge is -2.25. The minimum Gasteiger partial charge on any atom is -0.868 e. The third-order valence-corrected chi connectivity index (χ3v) is 3.72. The summed E-state index contributed by atoms with van der Waals surface area (Å²) in [7, 11) is -2.81. The lowest BCUT2D eigenvalue weighted by molar-refractivity contribution is -0.894. The molecule has 0 rings (SSSR count). The molecule has 0 radical (unpaired) electrons. The Balaban J connectivity index is -0.000000326. The van der Waals surface area contributed by atoms with Crippen LogP contribution in [0.2, 0.25) is 0 Å². The van der Waals surface area contributed by atoms with Crippen LogP contribution in [-0.2, 0) is 9.69 Å². The average molecular weight is 369 g/mol. The van der Waals surface area contributed by atoms with Crippen molar-refractivity contribution in [1.29, 1.82) is 15.8 Å². The zero-order valence-corrected chi connectivity index (χ0v) is 16.8. The summed E-state index contributed by atoms with van der Waals surface area (Å²) in [4.78, 5) is 10.5. The van der Waals surface area contributed by atoms with Crippen LogP contribution in [-0.4, -0.2) is 52.2 Å². The van der Waals surface area contributed by atoms with E-state index in [0.717, 1.165) is 18.2 Å². The van der Waals surface area contributed by atoms with Gasteiger partial charge in [-0.15, -0.1) is 0 Å². The Morgan fingerprint density at radius 3 is 1.12 bits per heavy atom. The SMILES string of the molecule is CC[NH+](CC)CC.CC[NH+](CC)CC.N#CC(C#N)(C#N)OOB([O-])[O-]. The summed E-state index contributed by atoms with van der Waals surface area (Å²) in [5.74, 6) is 0. The molecule has 0 fully saturated rings. The van der Waals surface area contributed by atoms with Crippen molar-refractivity contribution in [2.45, 2.75) is 47.1 Å². The third-order valence-electron chi connectivity index (χ3n) is 3.72. The van der Waals surface area contributed by atoms with E-state index in [1.165, 1.54) is 39.3 Å². The summed E-state index contributed by atoms with van der Waals surface area (Å²) in [5, 5.41) is 43.9. The second-order valence-electron chi connectivity index (χ2n) is 5.11. The van der Waals surface area contributed by atoms with Gasteiger partial charge in [0, 0.05) is 0 Å². The van der Waals surface area contributed by atoms with Gasteiger partial charge in [0.05, 0.1) is 39.3 Å². The van der Waals surface area contributed by atoms with Crippen LogP contribution in [0, 0.1) is 34.0 Å². The summed E-state index contributed by atoms with van der Waals surface area (Å²) in [6, 6.07) is 3.37. The Labute approximate surface area is 158 Å². The maximum absolute atomic E-state index is 9.69. The quantitative estimate of drug-likeness (QED) is 0.247. The van der Waals surface area contributed by atoms with Gasteiger partial charge in [0.15, 0.2) is 0 Å². The fraction of sp³-hybridized carbons (Fsp3) is 0.812. The first kappa shape index (κ1) is 29.1. The predicted octanol–water partition coefficient (Wildman–Crippen LogP) is -3.19. The monoisotopic (exact) mass is 369 g/mol. The van der Waals surface area contributed by atoms with Gasteiger partial charge >= 0.3 is 5.60 Å². The van der Waals surface area contributed by atoms with Crippen LogP contribution in [0.3, 0.4) is 0 Å². The zero-order valence-electron chi connectivity index (χ0n) is 16.8. The largest absolute Gasteiger partial charge is 0.868 e. The molecule has 0 unspecified atom stereocenters. The van der Waals surface area contributed by atoms with Gasteiger partial charge in [-0.05, 0) is 41.5 Å². The van der Waals surface area contributed by atoms with Crippen LogP contribution in [0.1, 0.15) is 41.5 Å². The normalized spacial score (nSPS) is 9.81. The summed E-state index contributed by atoms with van der Waals surface area (Å²) in [5.41, 5.74) is -2.55. The van der Waals surface area contributed by atoms with Crippen molar-refractivity contribution in [3.05, 3.63) is 0 Å². The number of nitriles is 3. The molecule has 0 aliphatic heterocycles. The average Bonchev–Trinajstić information content (AvgIpc) is 2.67. The number of quaternary nitrogens is 2. The van der Waals surface area contributed by atoms with Crippen LogP contribution in [0.15, 0.2) is 0 Å². The van der Waals surface area contributed by atoms with Crippen molar-refractivity contribution in [2.75, 3.05) is 39.3 Å². The first-order valence-electron chi connectivity index (χ1n) is 8.86. The van der Waals surface area contributed by atoms with E-state index in [0.29, 0.717) is 0 Å². The molecule has 0 aliphatic carbocycles. The lowest BCUT2D eigenvalue weighted by Crippen LogP contribution is -3.11. The molecule has 0 aromatic carbocycles. The van der Waals surface area contributed by atoms with E-state index >= 15 is 0 Å². The zero-order chi connectivity index (χ0) is 21.0. The highest BCUT2D eigenvalue weighted by molar-refractivity contribution is 6.27. The summed E-state index contributed by atoms with van der Waals surface area (Å²) in [6.07, 6.45) is 0. The van der Waals surface area contributed by atoms with Gasteiger partial charge in [0.25, 0.3) is 0 Å². The number of nitrogens with zero attached hydrogens (tertiary/aromatic N) is 3. The highest BCUT2D eigenvalue weighted by Gasteiger charge is 2.32. The Morgan fingerprint density at radius 1 is 0.731 bits per heavy atom. The van der Waals surface area contributed by atoms with Crippen molar-refractivity contribution in [3.8, 4) is 18.2 Å². The van der Waals surface area contributed by atoms with Crippen molar-refractivity contribution in [1.82, 2.24) is 0 Å². The molecule has 0 atom stereocenters. The molecule has 10 heteroatoms. The highest BCUT2D eigenvalue weighted by Crippen LogP contribution is 2.06. The van der Waals surface area contributed by atoms with E-state index in [4.69, 9.17) is 15.8 Å². The Morgan fingerprint density at radius 2 is 1.00 bits per heavy atom. The van der Waals surface area contributed by atoms with Gasteiger partial charge < -0.3 is 24.7 Å². The second-order valence-corrected chi connectivity index (χ2v) is 5.11. The third kappa shape index (κ3) is 15.8. The molecular formula is C16H32BN5O4. The maximum atomic E-state index is 9.69. The molecule has 0 aliphatic rings. The van der Waals surface area contributed by atoms with Crippen LogP contribution in [0.4, 0.5) is 0 Å². The molecule has 0 amide bonds. The first-order chi connectivity index (χ1) is 12.3. The van der Waals surface area contributed by atoms with Crippen LogP contribution >= 0.6 is 0 Å². The summed E-state index contributed by atoms with van der Waals surface area (Å²) >= 11 is 0. The van der Waals surface area contributed by atoms with Gasteiger partial charge in [-0.25, -0.2) is 4.89 Å². The second kappa shape index (κ2) is 19.6. The van der Waals surface area contributed by atoms with Crippen molar-refractivity contribution in [3.63, 3.8) is 0 Å². The standard InChI is InChI=1S/2C6H15N.C4BN3O4/c2*1-4-7(5-2)6-3;6-1-4(2-7,3-8)11-12-5(9)10/h2*4-6H2,1-3H3;/q;;-2/p+2. The van der Waals surface area contributed by atoms with Gasteiger partial charge in [0.1, 0.15) is 25.5 Å². The molecule has 0 bridgehead atoms. The van der Waals surface area contributed by atoms with Gasteiger partial charge in [-0.3, -0.25) is 0 Å². The van der Waals surface area contributed by atoms with Crippen LogP contribution < -0.4 is 19.8 Å². The lowest BCUT2D eigenvalue weighted by atomic mass is 10.1. The van der Waals surface area contributed by atoms with E-state index in [1.54, 1.807) is 9.80 Å². The molecule has 0 aromatic rings. The first-order valence-corrected chi connectivity index (χ1v) is 8.86. The van der Waals surface area contributed by atoms with E-state index < -0.39 is 12.9 Å². The van der Waals surface area contributed by atoms with Crippen molar-refractivity contribution < 1.29 is 29.5 Å². The van der Waals surface area contributed by atoms with E-state index in [9.17, 15) is 10.0 Å². The van der Waals surface area contributed by atoms with Gasteiger partial charge in [-0.2, -0.15) is 15.8 Å². The van der Waals surface area contributed by atoms with E-state index in [-0.39, 0.29) is 0 Å². The Hall–Kier alpha value is -1.71. The summed E-state index contributed by atoms with van der Waals surface area (Å²) < 4.78 is 0. The maximum Gasteiger partial charge on any atom is 0.354 e. The number of hydrogen-bond donors (Lipinski definition) is 2. The van der Waals surface area contributed by atoms with E-state index in [2.05, 4.69) is 51.2 Å². The molecule has 9 nitrogen and oxygen atoms in total. The van der Waals surface area contributed by atoms with Crippen LogP contribution in [0.5, 0.6) is 0 Å². The molecular weight excluding hydrogens is 337 g/mol. The number of nitrogens with one attached hydrogen (secondary N) is 2. The van der Waals surface area contributed by atoms with Crippen molar-refractivity contribution in [2.24, 2.45) is 0 Å².